The minimum atomic E-state index is -0.0519. The molecule has 5 heteroatoms. The highest BCUT2D eigenvalue weighted by atomic mass is 16.3. The minimum Gasteiger partial charge on any atom is -0.456 e. The van der Waals surface area contributed by atoms with E-state index in [2.05, 4.69) is 164 Å². The molecule has 0 bridgehead atoms. The summed E-state index contributed by atoms with van der Waals surface area (Å²) in [7, 11) is 0. The maximum atomic E-state index is 6.40. The molecule has 1 aliphatic carbocycles. The first-order chi connectivity index (χ1) is 31.6. The first-order valence-electron chi connectivity index (χ1n) is 22.4. The van der Waals surface area contributed by atoms with Gasteiger partial charge in [0.2, 0.25) is 5.95 Å². The summed E-state index contributed by atoms with van der Waals surface area (Å²) < 4.78 is 8.72. The molecule has 1 atom stereocenters. The molecular weight excluding hydrogens is 781 g/mol. The molecule has 306 valence electrons. The van der Waals surface area contributed by atoms with Gasteiger partial charge in [0.25, 0.3) is 0 Å². The highest BCUT2D eigenvalue weighted by molar-refractivity contribution is 6.33. The maximum absolute atomic E-state index is 6.40. The number of aromatic nitrogens is 4. The second-order valence-corrected chi connectivity index (χ2v) is 16.8. The lowest BCUT2D eigenvalue weighted by molar-refractivity contribution is 0.564. The first kappa shape index (κ1) is 37.8. The summed E-state index contributed by atoms with van der Waals surface area (Å²) in [5.74, 6) is 1.72. The van der Waals surface area contributed by atoms with Gasteiger partial charge in [0, 0.05) is 49.0 Å². The van der Waals surface area contributed by atoms with Gasteiger partial charge in [-0.3, -0.25) is 4.57 Å². The number of rotatable bonds is 5. The number of furan rings is 1. The minimum absolute atomic E-state index is 0.0519. The van der Waals surface area contributed by atoms with Gasteiger partial charge in [0.1, 0.15) is 11.2 Å². The van der Waals surface area contributed by atoms with E-state index in [0.29, 0.717) is 17.6 Å². The second kappa shape index (κ2) is 14.6. The van der Waals surface area contributed by atoms with E-state index in [9.17, 15) is 0 Å². The molecule has 1 unspecified atom stereocenters. The lowest BCUT2D eigenvalue weighted by Gasteiger charge is -2.25. The predicted octanol–water partition coefficient (Wildman–Crippen LogP) is 15.9. The average molecular weight is 825 g/mol. The van der Waals surface area contributed by atoms with E-state index in [1.165, 1.54) is 43.8 Å². The summed E-state index contributed by atoms with van der Waals surface area (Å²) in [5.41, 5.74) is 13.1. The van der Waals surface area contributed by atoms with Gasteiger partial charge in [-0.25, -0.2) is 4.98 Å². The largest absolute Gasteiger partial charge is 0.456 e. The van der Waals surface area contributed by atoms with Crippen LogP contribution in [0, 0.1) is 0 Å². The molecule has 0 saturated heterocycles. The lowest BCUT2D eigenvalue weighted by Crippen LogP contribution is -2.18. The van der Waals surface area contributed by atoms with Crippen LogP contribution in [0.2, 0.25) is 0 Å². The third kappa shape index (κ3) is 5.47. The van der Waals surface area contributed by atoms with Crippen molar-refractivity contribution in [2.75, 3.05) is 0 Å². The summed E-state index contributed by atoms with van der Waals surface area (Å²) in [6, 6.07) is 65.0. The van der Waals surface area contributed by atoms with Gasteiger partial charge < -0.3 is 4.42 Å². The van der Waals surface area contributed by atoms with Crippen LogP contribution < -0.4 is 0 Å². The summed E-state index contributed by atoms with van der Waals surface area (Å²) in [5, 5.41) is 9.19. The zero-order valence-corrected chi connectivity index (χ0v) is 36.2. The van der Waals surface area contributed by atoms with Crippen molar-refractivity contribution < 1.29 is 4.42 Å². The van der Waals surface area contributed by atoms with Crippen molar-refractivity contribution in [2.24, 2.45) is 0 Å². The number of hydrogen-bond acceptors (Lipinski definition) is 4. The van der Waals surface area contributed by atoms with Crippen LogP contribution in [0.15, 0.2) is 186 Å². The van der Waals surface area contributed by atoms with Crippen molar-refractivity contribution >= 4 is 65.3 Å². The molecule has 5 nitrogen and oxygen atoms in total. The standard InChI is InChI=1S/C57H38N4O.C2H6/c1-3-57(2)47-26-13-11-20-40(47)46-32-35(29-31-48(46)57)37-24-15-25-45-51-43-22-9-7-18-38(43)39-19-8-10-23-44(39)53(51)61(52(37)45)56-59-54(34-16-5-4-6-17-34)58-55(60-56)36-28-30-42-41-21-12-14-27-49(41)62-50(42)33-36;1-2/h4-33H,3H2,1-2H3;1-2H3. The van der Waals surface area contributed by atoms with Crippen molar-refractivity contribution in [3.05, 3.63) is 193 Å². The molecule has 64 heavy (non-hydrogen) atoms. The maximum Gasteiger partial charge on any atom is 0.238 e. The van der Waals surface area contributed by atoms with E-state index in [0.717, 1.165) is 72.4 Å². The Morgan fingerprint density at radius 2 is 1.03 bits per heavy atom. The molecule has 0 aliphatic heterocycles. The van der Waals surface area contributed by atoms with Crippen LogP contribution in [-0.2, 0) is 5.41 Å². The highest BCUT2D eigenvalue weighted by Gasteiger charge is 2.38. The van der Waals surface area contributed by atoms with Crippen LogP contribution in [0.4, 0.5) is 0 Å². The van der Waals surface area contributed by atoms with Gasteiger partial charge in [-0.15, -0.1) is 0 Å². The fourth-order valence-electron chi connectivity index (χ4n) is 10.5. The van der Waals surface area contributed by atoms with Gasteiger partial charge in [-0.1, -0.05) is 185 Å². The summed E-state index contributed by atoms with van der Waals surface area (Å²) in [6.45, 7) is 8.69. The Hall–Kier alpha value is -7.89. The van der Waals surface area contributed by atoms with Crippen LogP contribution >= 0.6 is 0 Å². The third-order valence-corrected chi connectivity index (χ3v) is 13.6. The van der Waals surface area contributed by atoms with E-state index in [1.54, 1.807) is 0 Å². The Labute approximate surface area is 371 Å². The molecule has 13 rings (SSSR count). The molecule has 0 saturated carbocycles. The Balaban J connectivity index is 0.00000214. The third-order valence-electron chi connectivity index (χ3n) is 13.6. The Kier molecular flexibility index (Phi) is 8.63. The molecule has 0 amide bonds. The number of para-hydroxylation sites is 2. The molecule has 3 aromatic heterocycles. The molecule has 0 radical (unpaired) electrons. The van der Waals surface area contributed by atoms with Crippen molar-refractivity contribution in [3.8, 4) is 51.0 Å². The SMILES string of the molecule is CC.CCC1(C)c2ccccc2-c2cc(-c3cccc4c5c6ccccc6c6ccccc6c5n(-c5nc(-c6ccccc6)nc(-c6ccc7c(c6)oc6ccccc67)n5)c34)ccc21. The van der Waals surface area contributed by atoms with E-state index in [4.69, 9.17) is 19.4 Å². The van der Waals surface area contributed by atoms with E-state index in [-0.39, 0.29) is 5.41 Å². The van der Waals surface area contributed by atoms with Gasteiger partial charge in [-0.05, 0) is 74.7 Å². The summed E-state index contributed by atoms with van der Waals surface area (Å²) >= 11 is 0. The van der Waals surface area contributed by atoms with Crippen molar-refractivity contribution in [2.45, 2.75) is 39.5 Å². The molecule has 1 aliphatic rings. The monoisotopic (exact) mass is 824 g/mol. The summed E-state index contributed by atoms with van der Waals surface area (Å²) in [6.07, 6.45) is 1.02. The van der Waals surface area contributed by atoms with E-state index < -0.39 is 0 Å². The molecule has 3 heterocycles. The molecular formula is C59H44N4O. The van der Waals surface area contributed by atoms with Crippen LogP contribution in [0.5, 0.6) is 0 Å². The van der Waals surface area contributed by atoms with E-state index in [1.807, 2.05) is 50.2 Å². The van der Waals surface area contributed by atoms with Gasteiger partial charge in [-0.2, -0.15) is 9.97 Å². The van der Waals surface area contributed by atoms with Gasteiger partial charge in [0.05, 0.1) is 11.0 Å². The van der Waals surface area contributed by atoms with Crippen LogP contribution in [-0.4, -0.2) is 19.5 Å². The first-order valence-corrected chi connectivity index (χ1v) is 22.4. The average Bonchev–Trinajstić information content (AvgIpc) is 4.01. The second-order valence-electron chi connectivity index (χ2n) is 16.8. The number of hydrogen-bond donors (Lipinski definition) is 0. The fraction of sp³-hybridized carbons (Fsp3) is 0.102. The molecule has 9 aromatic carbocycles. The highest BCUT2D eigenvalue weighted by Crippen LogP contribution is 2.52. The zero-order chi connectivity index (χ0) is 43.1. The number of fused-ring (bicyclic) bond motifs is 14. The zero-order valence-electron chi connectivity index (χ0n) is 36.2. The molecule has 12 aromatic rings. The van der Waals surface area contributed by atoms with Gasteiger partial charge in [0.15, 0.2) is 11.6 Å². The molecule has 0 spiro atoms. The normalized spacial score (nSPS) is 14.4. The summed E-state index contributed by atoms with van der Waals surface area (Å²) in [4.78, 5) is 16.1. The lowest BCUT2D eigenvalue weighted by atomic mass is 9.78. The van der Waals surface area contributed by atoms with Crippen molar-refractivity contribution in [3.63, 3.8) is 0 Å². The van der Waals surface area contributed by atoms with Crippen molar-refractivity contribution in [1.82, 2.24) is 19.5 Å². The molecule has 0 N–H and O–H groups in total. The smallest absolute Gasteiger partial charge is 0.238 e. The Bertz CT molecular complexity index is 3820. The van der Waals surface area contributed by atoms with Crippen LogP contribution in [0.1, 0.15) is 45.2 Å². The quantitative estimate of drug-likeness (QED) is 0.162. The Morgan fingerprint density at radius 1 is 0.438 bits per heavy atom. The van der Waals surface area contributed by atoms with Crippen LogP contribution in [0.25, 0.3) is 116 Å². The van der Waals surface area contributed by atoms with Crippen LogP contribution in [0.3, 0.4) is 0 Å². The fourth-order valence-corrected chi connectivity index (χ4v) is 10.5. The molecule has 0 fully saturated rings. The Morgan fingerprint density at radius 3 is 1.83 bits per heavy atom. The topological polar surface area (TPSA) is 56.7 Å². The van der Waals surface area contributed by atoms with Crippen molar-refractivity contribution in [1.29, 1.82) is 0 Å². The van der Waals surface area contributed by atoms with E-state index >= 15 is 0 Å². The number of benzene rings is 9. The number of nitrogens with zero attached hydrogens (tertiary/aromatic N) is 4. The van der Waals surface area contributed by atoms with Gasteiger partial charge >= 0.3 is 0 Å². The predicted molar refractivity (Wildman–Crippen MR) is 266 cm³/mol.